The number of amides is 1. The SMILES string of the molecule is CCOc1cc(/C=C2/C(=N)N3C(=NC2=O)SN=C3S(C)(=O)=O)ccc1OCc1ccccc1. The highest BCUT2D eigenvalue weighted by Crippen LogP contribution is 2.32. The number of benzene rings is 2. The summed E-state index contributed by atoms with van der Waals surface area (Å²) in [4.78, 5) is 17.5. The minimum absolute atomic E-state index is 0.0437. The van der Waals surface area contributed by atoms with Crippen LogP contribution in [0.2, 0.25) is 0 Å². The molecule has 4 rings (SSSR count). The van der Waals surface area contributed by atoms with Crippen LogP contribution in [0.15, 0.2) is 63.5 Å². The molecule has 0 unspecified atom stereocenters. The van der Waals surface area contributed by atoms with Crippen molar-refractivity contribution in [1.82, 2.24) is 4.90 Å². The molecule has 0 spiro atoms. The Hall–Kier alpha value is -3.44. The molecule has 0 fully saturated rings. The molecule has 0 bridgehead atoms. The smallest absolute Gasteiger partial charge is 0.283 e. The molecule has 1 amide bonds. The molecular weight excluding hydrogens is 464 g/mol. The molecule has 33 heavy (non-hydrogen) atoms. The largest absolute Gasteiger partial charge is 0.490 e. The molecule has 2 heterocycles. The lowest BCUT2D eigenvalue weighted by atomic mass is 10.1. The quantitative estimate of drug-likeness (QED) is 0.493. The fourth-order valence-electron chi connectivity index (χ4n) is 3.14. The molecule has 2 aliphatic rings. The predicted octanol–water partition coefficient (Wildman–Crippen LogP) is 3.29. The van der Waals surface area contributed by atoms with Gasteiger partial charge in [0.1, 0.15) is 12.4 Å². The van der Waals surface area contributed by atoms with Crippen molar-refractivity contribution in [3.05, 3.63) is 65.2 Å². The molecule has 0 saturated carbocycles. The summed E-state index contributed by atoms with van der Waals surface area (Å²) in [5, 5.41) is 8.16. The third-order valence-electron chi connectivity index (χ3n) is 4.64. The van der Waals surface area contributed by atoms with Crippen LogP contribution in [0, 0.1) is 5.41 Å². The number of carbonyl (C=O) groups is 1. The highest BCUT2D eigenvalue weighted by atomic mass is 32.2. The number of hydrogen-bond donors (Lipinski definition) is 1. The van der Waals surface area contributed by atoms with Gasteiger partial charge in [0.05, 0.1) is 24.1 Å². The Bertz CT molecular complexity index is 1320. The second-order valence-electron chi connectivity index (χ2n) is 7.09. The van der Waals surface area contributed by atoms with E-state index in [4.69, 9.17) is 14.9 Å². The summed E-state index contributed by atoms with van der Waals surface area (Å²) in [5.74, 6) is 0.0696. The Balaban J connectivity index is 1.63. The zero-order valence-corrected chi connectivity index (χ0v) is 19.4. The van der Waals surface area contributed by atoms with Crippen LogP contribution in [-0.2, 0) is 21.2 Å². The predicted molar refractivity (Wildman–Crippen MR) is 128 cm³/mol. The van der Waals surface area contributed by atoms with Gasteiger partial charge in [0, 0.05) is 6.26 Å². The first kappa shape index (κ1) is 22.7. The van der Waals surface area contributed by atoms with Crippen LogP contribution in [0.1, 0.15) is 18.1 Å². The summed E-state index contributed by atoms with van der Waals surface area (Å²) in [6.45, 7) is 2.62. The number of carbonyl (C=O) groups excluding carboxylic acids is 1. The van der Waals surface area contributed by atoms with Crippen LogP contribution < -0.4 is 9.47 Å². The average molecular weight is 485 g/mol. The zero-order valence-electron chi connectivity index (χ0n) is 17.8. The van der Waals surface area contributed by atoms with Crippen LogP contribution in [0.5, 0.6) is 11.5 Å². The third kappa shape index (κ3) is 4.83. The number of rotatable bonds is 6. The van der Waals surface area contributed by atoms with Gasteiger partial charge in [-0.1, -0.05) is 36.4 Å². The number of fused-ring (bicyclic) bond motifs is 1. The lowest BCUT2D eigenvalue weighted by Gasteiger charge is -2.23. The van der Waals surface area contributed by atoms with Gasteiger partial charge < -0.3 is 9.47 Å². The van der Waals surface area contributed by atoms with Crippen molar-refractivity contribution in [3.63, 3.8) is 0 Å². The van der Waals surface area contributed by atoms with E-state index in [-0.39, 0.29) is 21.7 Å². The van der Waals surface area contributed by atoms with Crippen molar-refractivity contribution in [2.75, 3.05) is 12.9 Å². The number of nitrogens with one attached hydrogen (secondary N) is 1. The Kier molecular flexibility index (Phi) is 6.34. The summed E-state index contributed by atoms with van der Waals surface area (Å²) in [6, 6.07) is 14.8. The van der Waals surface area contributed by atoms with Gasteiger partial charge in [0.2, 0.25) is 20.2 Å². The van der Waals surface area contributed by atoms with Gasteiger partial charge in [-0.25, -0.2) is 13.3 Å². The first-order valence-electron chi connectivity index (χ1n) is 9.90. The molecule has 2 aromatic carbocycles. The lowest BCUT2D eigenvalue weighted by Crippen LogP contribution is -2.45. The maximum absolute atomic E-state index is 12.6. The van der Waals surface area contributed by atoms with E-state index in [1.165, 1.54) is 6.08 Å². The van der Waals surface area contributed by atoms with Crippen molar-refractivity contribution in [2.45, 2.75) is 13.5 Å². The Labute approximate surface area is 195 Å². The average Bonchev–Trinajstić information content (AvgIpc) is 3.21. The first-order valence-corrected chi connectivity index (χ1v) is 12.6. The topological polar surface area (TPSA) is 121 Å². The lowest BCUT2D eigenvalue weighted by molar-refractivity contribution is -0.114. The second-order valence-corrected chi connectivity index (χ2v) is 9.73. The molecule has 0 radical (unpaired) electrons. The van der Waals surface area contributed by atoms with Crippen molar-refractivity contribution >= 4 is 49.9 Å². The van der Waals surface area contributed by atoms with Crippen molar-refractivity contribution in [1.29, 1.82) is 5.41 Å². The third-order valence-corrected chi connectivity index (χ3v) is 6.40. The van der Waals surface area contributed by atoms with Gasteiger partial charge >= 0.3 is 0 Å². The minimum atomic E-state index is -3.71. The molecule has 0 aromatic heterocycles. The van der Waals surface area contributed by atoms with E-state index in [1.807, 2.05) is 37.3 Å². The van der Waals surface area contributed by atoms with E-state index in [0.29, 0.717) is 30.3 Å². The summed E-state index contributed by atoms with van der Waals surface area (Å²) in [6.07, 6.45) is 2.46. The monoisotopic (exact) mass is 484 g/mol. The van der Waals surface area contributed by atoms with E-state index in [2.05, 4.69) is 9.39 Å². The van der Waals surface area contributed by atoms with Crippen LogP contribution in [0.25, 0.3) is 6.08 Å². The van der Waals surface area contributed by atoms with Gasteiger partial charge in [-0.3, -0.25) is 10.2 Å². The maximum Gasteiger partial charge on any atom is 0.283 e. The Morgan fingerprint density at radius 2 is 1.88 bits per heavy atom. The minimum Gasteiger partial charge on any atom is -0.490 e. The molecule has 0 saturated heterocycles. The van der Waals surface area contributed by atoms with Crippen LogP contribution in [0.4, 0.5) is 0 Å². The normalized spacial score (nSPS) is 17.0. The first-order chi connectivity index (χ1) is 15.8. The standard InChI is InChI=1S/C22H20N4O5S2/c1-3-30-18-12-15(9-10-17(18)31-13-14-7-5-4-6-8-14)11-16-19(23)26-21(24-20(16)27)32-25-22(26)33(2,28)29/h4-12,23H,3,13H2,1-2H3/b16-11-,23-19?. The summed E-state index contributed by atoms with van der Waals surface area (Å²) in [5.41, 5.74) is 1.52. The fourth-order valence-corrected chi connectivity index (χ4v) is 4.99. The molecule has 2 aromatic rings. The summed E-state index contributed by atoms with van der Waals surface area (Å²) >= 11 is 0.751. The second kappa shape index (κ2) is 9.20. The Morgan fingerprint density at radius 1 is 1.12 bits per heavy atom. The number of aliphatic imine (C=N–C) groups is 1. The zero-order chi connectivity index (χ0) is 23.6. The maximum atomic E-state index is 12.6. The molecule has 2 aliphatic heterocycles. The van der Waals surface area contributed by atoms with Crippen molar-refractivity contribution < 1.29 is 22.7 Å². The summed E-state index contributed by atoms with van der Waals surface area (Å²) < 4.78 is 39.5. The van der Waals surface area contributed by atoms with Crippen LogP contribution in [-0.4, -0.2) is 48.3 Å². The van der Waals surface area contributed by atoms with Crippen molar-refractivity contribution in [3.8, 4) is 11.5 Å². The Morgan fingerprint density at radius 3 is 2.58 bits per heavy atom. The number of amidine groups is 3. The van der Waals surface area contributed by atoms with Crippen LogP contribution in [0.3, 0.4) is 0 Å². The van der Waals surface area contributed by atoms with Crippen LogP contribution >= 0.6 is 11.9 Å². The number of sulfone groups is 1. The number of nitrogens with zero attached hydrogens (tertiary/aromatic N) is 3. The summed E-state index contributed by atoms with van der Waals surface area (Å²) in [7, 11) is -3.71. The molecule has 170 valence electrons. The fraction of sp³-hybridized carbons (Fsp3) is 0.182. The molecular formula is C22H20N4O5S2. The molecule has 1 N–H and O–H groups in total. The van der Waals surface area contributed by atoms with E-state index in [1.54, 1.807) is 18.2 Å². The number of ether oxygens (including phenoxy) is 2. The molecule has 0 aliphatic carbocycles. The van der Waals surface area contributed by atoms with Gasteiger partial charge in [-0.15, -0.1) is 0 Å². The van der Waals surface area contributed by atoms with E-state index >= 15 is 0 Å². The highest BCUT2D eigenvalue weighted by molar-refractivity contribution is 8.16. The van der Waals surface area contributed by atoms with Gasteiger partial charge in [0.25, 0.3) is 5.91 Å². The van der Waals surface area contributed by atoms with Gasteiger partial charge in [-0.2, -0.15) is 9.39 Å². The van der Waals surface area contributed by atoms with E-state index < -0.39 is 15.7 Å². The van der Waals surface area contributed by atoms with Gasteiger partial charge in [-0.05, 0) is 36.3 Å². The highest BCUT2D eigenvalue weighted by Gasteiger charge is 2.41. The molecule has 11 heteroatoms. The molecule has 9 nitrogen and oxygen atoms in total. The molecule has 0 atom stereocenters. The van der Waals surface area contributed by atoms with E-state index in [0.717, 1.165) is 28.7 Å². The van der Waals surface area contributed by atoms with Crippen molar-refractivity contribution in [2.24, 2.45) is 9.39 Å². The number of hydrogen-bond acceptors (Lipinski definition) is 8. The van der Waals surface area contributed by atoms with E-state index in [9.17, 15) is 13.2 Å². The van der Waals surface area contributed by atoms with Gasteiger partial charge in [0.15, 0.2) is 11.5 Å².